The number of nitrogens with zero attached hydrogens (tertiary/aromatic N) is 1. The molecule has 1 aromatic carbocycles. The topological polar surface area (TPSA) is 32.6 Å². The Labute approximate surface area is 88.6 Å². The number of epoxide rings is 1. The maximum absolute atomic E-state index is 11.9. The normalized spacial score (nSPS) is 32.6. The van der Waals surface area contributed by atoms with Crippen molar-refractivity contribution in [2.24, 2.45) is 0 Å². The average molecular weight is 203 g/mol. The molecule has 1 aromatic rings. The maximum Gasteiger partial charge on any atom is 0.257 e. The highest BCUT2D eigenvalue weighted by Crippen LogP contribution is 2.50. The Hall–Kier alpha value is -1.35. The van der Waals surface area contributed by atoms with Crippen molar-refractivity contribution in [1.29, 1.82) is 0 Å². The van der Waals surface area contributed by atoms with E-state index in [4.69, 9.17) is 4.74 Å². The van der Waals surface area contributed by atoms with E-state index in [9.17, 15) is 4.79 Å². The Kier molecular flexibility index (Phi) is 1.68. The van der Waals surface area contributed by atoms with Crippen LogP contribution in [-0.2, 0) is 9.53 Å². The van der Waals surface area contributed by atoms with Crippen molar-refractivity contribution in [3.63, 3.8) is 0 Å². The van der Waals surface area contributed by atoms with Gasteiger partial charge in [0, 0.05) is 13.1 Å². The Balaban J connectivity index is 1.80. The summed E-state index contributed by atoms with van der Waals surface area (Å²) in [7, 11) is 0. The molecule has 0 aromatic heterocycles. The van der Waals surface area contributed by atoms with E-state index in [1.807, 2.05) is 42.2 Å². The number of carbonyl (C=O) groups is 1. The molecule has 0 spiro atoms. The molecule has 2 aliphatic rings. The minimum atomic E-state index is -0.599. The van der Waals surface area contributed by atoms with Crippen LogP contribution in [0.5, 0.6) is 0 Å². The van der Waals surface area contributed by atoms with Crippen molar-refractivity contribution < 1.29 is 9.53 Å². The highest BCUT2D eigenvalue weighted by atomic mass is 16.6. The van der Waals surface area contributed by atoms with Gasteiger partial charge in [-0.05, 0) is 12.5 Å². The third kappa shape index (κ3) is 1.35. The summed E-state index contributed by atoms with van der Waals surface area (Å²) >= 11 is 0. The predicted octanol–water partition coefficient (Wildman–Crippen LogP) is 1.36. The van der Waals surface area contributed by atoms with Crippen LogP contribution in [0.4, 0.5) is 0 Å². The lowest BCUT2D eigenvalue weighted by molar-refractivity contribution is -0.130. The van der Waals surface area contributed by atoms with Crippen LogP contribution >= 0.6 is 0 Å². The summed E-state index contributed by atoms with van der Waals surface area (Å²) < 4.78 is 5.56. The van der Waals surface area contributed by atoms with Crippen molar-refractivity contribution in [3.8, 4) is 0 Å². The smallest absolute Gasteiger partial charge is 0.257 e. The highest BCUT2D eigenvalue weighted by molar-refractivity contribution is 5.90. The van der Waals surface area contributed by atoms with Crippen LogP contribution in [0.1, 0.15) is 18.6 Å². The minimum absolute atomic E-state index is 0.0493. The van der Waals surface area contributed by atoms with E-state index < -0.39 is 5.60 Å². The fraction of sp³-hybridized carbons (Fsp3) is 0.417. The zero-order chi connectivity index (χ0) is 10.5. The van der Waals surface area contributed by atoms with Crippen molar-refractivity contribution >= 4 is 5.91 Å². The molecule has 0 radical (unpaired) electrons. The first kappa shape index (κ1) is 8.92. The molecule has 0 bridgehead atoms. The SMILES string of the molecule is CC1(C(=O)N2CC2)OC1c1ccccc1. The van der Waals surface area contributed by atoms with Crippen molar-refractivity contribution in [1.82, 2.24) is 4.90 Å². The van der Waals surface area contributed by atoms with Crippen LogP contribution in [0.25, 0.3) is 0 Å². The Morgan fingerprint density at radius 1 is 1.40 bits per heavy atom. The number of carbonyl (C=O) groups excluding carboxylic acids is 1. The molecule has 1 amide bonds. The minimum Gasteiger partial charge on any atom is -0.351 e. The lowest BCUT2D eigenvalue weighted by Gasteiger charge is -2.05. The van der Waals surface area contributed by atoms with Gasteiger partial charge in [0.1, 0.15) is 6.10 Å². The summed E-state index contributed by atoms with van der Waals surface area (Å²) in [5, 5.41) is 0. The Morgan fingerprint density at radius 2 is 2.07 bits per heavy atom. The first-order valence-corrected chi connectivity index (χ1v) is 5.24. The number of rotatable bonds is 2. The van der Waals surface area contributed by atoms with Gasteiger partial charge in [0.2, 0.25) is 0 Å². The number of benzene rings is 1. The van der Waals surface area contributed by atoms with Crippen LogP contribution in [0.15, 0.2) is 30.3 Å². The monoisotopic (exact) mass is 203 g/mol. The van der Waals surface area contributed by atoms with Gasteiger partial charge in [-0.25, -0.2) is 0 Å². The van der Waals surface area contributed by atoms with Crippen LogP contribution in [0, 0.1) is 0 Å². The van der Waals surface area contributed by atoms with Crippen molar-refractivity contribution in [3.05, 3.63) is 35.9 Å². The molecule has 2 aliphatic heterocycles. The van der Waals surface area contributed by atoms with E-state index >= 15 is 0 Å². The Morgan fingerprint density at radius 3 is 2.67 bits per heavy atom. The third-order valence-electron chi connectivity index (χ3n) is 3.07. The summed E-state index contributed by atoms with van der Waals surface area (Å²) in [4.78, 5) is 13.7. The first-order valence-electron chi connectivity index (χ1n) is 5.24. The summed E-state index contributed by atoms with van der Waals surface area (Å²) in [5.74, 6) is 0.136. The molecule has 2 atom stereocenters. The van der Waals surface area contributed by atoms with Crippen LogP contribution in [0.2, 0.25) is 0 Å². The zero-order valence-electron chi connectivity index (χ0n) is 8.64. The molecule has 78 valence electrons. The number of ether oxygens (including phenoxy) is 1. The van der Waals surface area contributed by atoms with E-state index in [1.165, 1.54) is 0 Å². The number of hydrogen-bond acceptors (Lipinski definition) is 2. The van der Waals surface area contributed by atoms with Gasteiger partial charge in [0.25, 0.3) is 5.91 Å². The second-order valence-electron chi connectivity index (χ2n) is 4.31. The van der Waals surface area contributed by atoms with Gasteiger partial charge in [-0.1, -0.05) is 30.3 Å². The molecule has 2 unspecified atom stereocenters. The predicted molar refractivity (Wildman–Crippen MR) is 55.3 cm³/mol. The summed E-state index contributed by atoms with van der Waals surface area (Å²) in [5.41, 5.74) is 0.493. The second kappa shape index (κ2) is 2.83. The first-order chi connectivity index (χ1) is 7.22. The van der Waals surface area contributed by atoms with Crippen LogP contribution < -0.4 is 0 Å². The quantitative estimate of drug-likeness (QED) is 0.680. The van der Waals surface area contributed by atoms with E-state index in [0.29, 0.717) is 0 Å². The lowest BCUT2D eigenvalue weighted by atomic mass is 10.0. The van der Waals surface area contributed by atoms with Crippen molar-refractivity contribution in [2.75, 3.05) is 13.1 Å². The van der Waals surface area contributed by atoms with Gasteiger partial charge in [-0.2, -0.15) is 0 Å². The molecule has 2 fully saturated rings. The van der Waals surface area contributed by atoms with Gasteiger partial charge < -0.3 is 9.64 Å². The molecule has 3 nitrogen and oxygen atoms in total. The second-order valence-corrected chi connectivity index (χ2v) is 4.31. The van der Waals surface area contributed by atoms with Gasteiger partial charge in [0.05, 0.1) is 0 Å². The summed E-state index contributed by atoms with van der Waals surface area (Å²) in [6, 6.07) is 9.92. The molecule has 0 N–H and O–H groups in total. The third-order valence-corrected chi connectivity index (χ3v) is 3.07. The van der Waals surface area contributed by atoms with Gasteiger partial charge in [0.15, 0.2) is 5.60 Å². The van der Waals surface area contributed by atoms with E-state index in [-0.39, 0.29) is 12.0 Å². The molecule has 3 rings (SSSR count). The molecule has 3 heteroatoms. The number of amides is 1. The highest BCUT2D eigenvalue weighted by Gasteiger charge is 2.61. The zero-order valence-corrected chi connectivity index (χ0v) is 8.64. The summed E-state index contributed by atoms with van der Waals surface area (Å²) in [6.07, 6.45) is -0.0493. The molecule has 0 aliphatic carbocycles. The molecular weight excluding hydrogens is 190 g/mol. The largest absolute Gasteiger partial charge is 0.351 e. The molecule has 15 heavy (non-hydrogen) atoms. The Bertz CT molecular complexity index is 399. The molecule has 2 heterocycles. The van der Waals surface area contributed by atoms with Crippen LogP contribution in [0.3, 0.4) is 0 Å². The molecule has 2 saturated heterocycles. The van der Waals surface area contributed by atoms with E-state index in [1.54, 1.807) is 0 Å². The van der Waals surface area contributed by atoms with E-state index in [2.05, 4.69) is 0 Å². The fourth-order valence-electron chi connectivity index (χ4n) is 1.95. The molecular formula is C12H13NO2. The van der Waals surface area contributed by atoms with Gasteiger partial charge in [-0.3, -0.25) is 4.79 Å². The van der Waals surface area contributed by atoms with Gasteiger partial charge >= 0.3 is 0 Å². The number of hydrogen-bond donors (Lipinski definition) is 0. The van der Waals surface area contributed by atoms with Gasteiger partial charge in [-0.15, -0.1) is 0 Å². The standard InChI is InChI=1S/C12H13NO2/c1-12(11(14)13-7-8-13)10(15-12)9-5-3-2-4-6-9/h2-6,10H,7-8H2,1H3. The van der Waals surface area contributed by atoms with Crippen molar-refractivity contribution in [2.45, 2.75) is 18.6 Å². The fourth-order valence-corrected chi connectivity index (χ4v) is 1.95. The lowest BCUT2D eigenvalue weighted by Crippen LogP contribution is -2.28. The van der Waals surface area contributed by atoms with E-state index in [0.717, 1.165) is 18.7 Å². The van der Waals surface area contributed by atoms with Crippen LogP contribution in [-0.4, -0.2) is 29.5 Å². The average Bonchev–Trinajstić information content (AvgIpc) is 3.12. The summed E-state index contributed by atoms with van der Waals surface area (Å²) in [6.45, 7) is 3.66. The molecule has 0 saturated carbocycles. The maximum atomic E-state index is 11.9.